The van der Waals surface area contributed by atoms with Crippen molar-refractivity contribution in [3.05, 3.63) is 39.5 Å². The van der Waals surface area contributed by atoms with E-state index in [2.05, 4.69) is 16.0 Å². The van der Waals surface area contributed by atoms with Crippen molar-refractivity contribution >= 4 is 65.8 Å². The fraction of sp³-hybridized carbons (Fsp3) is 0.500. The first kappa shape index (κ1) is 27.7. The number of primary amides is 1. The lowest BCUT2D eigenvalue weighted by atomic mass is 9.49. The molecular weight excluding hydrogens is 452 g/mol. The van der Waals surface area contributed by atoms with Crippen LogP contribution in [0.5, 0.6) is 0 Å². The number of thiazole rings is 1. The van der Waals surface area contributed by atoms with E-state index in [9.17, 15) is 9.32 Å². The lowest BCUT2D eigenvalue weighted by Gasteiger charge is -2.26. The second kappa shape index (κ2) is 10.4. The van der Waals surface area contributed by atoms with Gasteiger partial charge in [-0.05, 0) is 37.8 Å². The molecule has 2 aliphatic carbocycles. The highest BCUT2D eigenvalue weighted by molar-refractivity contribution is 7.85. The summed E-state index contributed by atoms with van der Waals surface area (Å²) in [5, 5.41) is 16.9. The number of anilines is 1. The minimum atomic E-state index is -1.50. The summed E-state index contributed by atoms with van der Waals surface area (Å²) in [7, 11) is 25.1. The zero-order valence-corrected chi connectivity index (χ0v) is 20.7. The van der Waals surface area contributed by atoms with Gasteiger partial charge in [-0.25, -0.2) is 14.3 Å². The number of nitrogens with two attached hydrogens (primary N) is 2. The molecule has 7 nitrogen and oxygen atoms in total. The smallest absolute Gasteiger partial charge is 0.204 e. The average molecular weight is 478 g/mol. The summed E-state index contributed by atoms with van der Waals surface area (Å²) < 4.78 is 11.2. The zero-order valence-electron chi connectivity index (χ0n) is 19.1. The van der Waals surface area contributed by atoms with E-state index in [1.54, 1.807) is 13.8 Å². The second-order valence-electron chi connectivity index (χ2n) is 8.61. The van der Waals surface area contributed by atoms with Crippen LogP contribution in [0, 0.1) is 0 Å². The Labute approximate surface area is 207 Å². The highest BCUT2D eigenvalue weighted by Crippen LogP contribution is 2.47. The largest absolute Gasteiger partial charge is 0.388 e. The predicted molar refractivity (Wildman–Crippen MR) is 137 cm³/mol. The Bertz CT molecular complexity index is 997. The molecule has 1 aromatic heterocycles. The van der Waals surface area contributed by atoms with Gasteiger partial charge >= 0.3 is 0 Å². The monoisotopic (exact) mass is 478 g/mol. The zero-order chi connectivity index (χ0) is 25.2. The molecule has 2 aromatic rings. The van der Waals surface area contributed by atoms with E-state index in [1.165, 1.54) is 17.3 Å². The van der Waals surface area contributed by atoms with Crippen LogP contribution in [0.2, 0.25) is 0 Å². The van der Waals surface area contributed by atoms with Crippen molar-refractivity contribution in [1.82, 2.24) is 4.98 Å². The highest BCUT2D eigenvalue weighted by atomic mass is 32.2. The Kier molecular flexibility index (Phi) is 8.71. The number of carbonyl (C=O) groups is 1. The quantitative estimate of drug-likeness (QED) is 0.366. The van der Waals surface area contributed by atoms with Gasteiger partial charge < -0.3 is 16.2 Å². The molecule has 0 fully saturated rings. The number of benzene rings is 1. The van der Waals surface area contributed by atoms with Crippen LogP contribution in [0.4, 0.5) is 5.69 Å². The number of nitrogens with one attached hydrogen (secondary N) is 1. The van der Waals surface area contributed by atoms with Gasteiger partial charge in [0.2, 0.25) is 6.41 Å². The molecular formula is C20H26B4N4O3S2. The van der Waals surface area contributed by atoms with E-state index in [0.29, 0.717) is 9.22 Å². The molecule has 1 atom stereocenters. The van der Waals surface area contributed by atoms with Crippen molar-refractivity contribution in [3.63, 3.8) is 0 Å². The third kappa shape index (κ3) is 6.12. The van der Waals surface area contributed by atoms with Gasteiger partial charge in [0.1, 0.15) is 25.8 Å². The number of fused-ring (bicyclic) bond motifs is 2. The topological polar surface area (TPSA) is 131 Å². The van der Waals surface area contributed by atoms with Crippen LogP contribution in [-0.4, -0.2) is 59.1 Å². The minimum absolute atomic E-state index is 0.250. The summed E-state index contributed by atoms with van der Waals surface area (Å²) in [6.07, 6.45) is 5.03. The van der Waals surface area contributed by atoms with Gasteiger partial charge in [0.25, 0.3) is 0 Å². The number of rotatable bonds is 3. The van der Waals surface area contributed by atoms with E-state index < -0.39 is 27.0 Å². The number of aromatic nitrogens is 1. The maximum absolute atomic E-state index is 10.8. The third-order valence-corrected chi connectivity index (χ3v) is 7.93. The molecule has 2 aliphatic rings. The van der Waals surface area contributed by atoms with E-state index in [1.807, 2.05) is 13.1 Å². The molecule has 168 valence electrons. The van der Waals surface area contributed by atoms with Crippen LogP contribution in [0.15, 0.2) is 16.5 Å². The van der Waals surface area contributed by atoms with E-state index in [0.717, 1.165) is 53.8 Å². The molecule has 0 spiro atoms. The summed E-state index contributed by atoms with van der Waals surface area (Å²) in [5.41, 5.74) is 8.78. The van der Waals surface area contributed by atoms with Crippen LogP contribution >= 0.6 is 11.3 Å². The predicted octanol–water partition coefficient (Wildman–Crippen LogP) is 0.0536. The van der Waals surface area contributed by atoms with Crippen molar-refractivity contribution in [1.29, 1.82) is 0 Å². The van der Waals surface area contributed by atoms with E-state index in [-0.39, 0.29) is 6.41 Å². The fourth-order valence-corrected chi connectivity index (χ4v) is 5.36. The summed E-state index contributed by atoms with van der Waals surface area (Å²) in [6.45, 7) is 3.24. The average Bonchev–Trinajstić information content (AvgIpc) is 3.39. The van der Waals surface area contributed by atoms with Gasteiger partial charge in [-0.3, -0.25) is 4.79 Å². The van der Waals surface area contributed by atoms with Gasteiger partial charge in [-0.2, -0.15) is 0 Å². The van der Waals surface area contributed by atoms with Crippen LogP contribution in [-0.2, 0) is 44.7 Å². The summed E-state index contributed by atoms with van der Waals surface area (Å²) >= 11 is 1.16. The lowest BCUT2D eigenvalue weighted by molar-refractivity contribution is -0.106. The van der Waals surface area contributed by atoms with E-state index >= 15 is 0 Å². The molecule has 4 rings (SSSR count). The molecule has 6 N–H and O–H groups in total. The first-order valence-corrected chi connectivity index (χ1v) is 12.3. The molecule has 0 bridgehead atoms. The number of nitrogens with zero attached hydrogens (tertiary/aromatic N) is 1. The van der Waals surface area contributed by atoms with Gasteiger partial charge in [0, 0.05) is 12.7 Å². The molecule has 8 radical (unpaired) electrons. The maximum Gasteiger partial charge on any atom is 0.204 e. The van der Waals surface area contributed by atoms with E-state index in [4.69, 9.17) is 41.3 Å². The number of carbonyl (C=O) groups excluding carboxylic acids is 1. The van der Waals surface area contributed by atoms with Crippen LogP contribution in [0.3, 0.4) is 0 Å². The van der Waals surface area contributed by atoms with Crippen LogP contribution in [0.1, 0.15) is 54.0 Å². The van der Waals surface area contributed by atoms with Gasteiger partial charge in [0.05, 0.1) is 37.6 Å². The van der Waals surface area contributed by atoms with Crippen molar-refractivity contribution in [2.24, 2.45) is 10.9 Å². The standard InChI is InChI=1S/C13H13B4N.C6H10N2O2S2.CH3NO/c1-18-11-7-2-4-12(14,15)9(7)6-10-8(11)3-5-13(10,16)17;1-6(2,9)5-8-3-4(11-5)12(7)10;2-1-3/h6,18H,2-5H2,1H3;3,9H,7H2,1-2H3;1H,(H2,2,3). The Morgan fingerprint density at radius 2 is 1.64 bits per heavy atom. The first-order chi connectivity index (χ1) is 15.2. The molecule has 0 saturated carbocycles. The number of hydrogen-bond donors (Lipinski definition) is 4. The molecule has 0 aliphatic heterocycles. The van der Waals surface area contributed by atoms with Crippen molar-refractivity contribution < 1.29 is 14.1 Å². The summed E-state index contributed by atoms with van der Waals surface area (Å²) in [6, 6.07) is 2.03. The van der Waals surface area contributed by atoms with Crippen molar-refractivity contribution in [3.8, 4) is 0 Å². The molecule has 1 heterocycles. The lowest BCUT2D eigenvalue weighted by Crippen LogP contribution is -2.26. The Hall–Kier alpha value is -1.55. The molecule has 1 aromatic carbocycles. The molecule has 1 amide bonds. The normalized spacial score (nSPS) is 18.0. The molecule has 0 saturated heterocycles. The Morgan fingerprint density at radius 3 is 1.94 bits per heavy atom. The Balaban J connectivity index is 0.000000223. The number of hydrogen-bond acceptors (Lipinski definition) is 6. The van der Waals surface area contributed by atoms with Crippen molar-refractivity contribution in [2.75, 3.05) is 12.4 Å². The number of amides is 1. The number of aliphatic hydroxyl groups is 1. The highest BCUT2D eigenvalue weighted by Gasteiger charge is 2.37. The second-order valence-corrected chi connectivity index (χ2v) is 10.9. The fourth-order valence-electron chi connectivity index (χ4n) is 3.99. The third-order valence-electron chi connectivity index (χ3n) is 5.58. The Morgan fingerprint density at radius 1 is 1.18 bits per heavy atom. The van der Waals surface area contributed by atoms with Gasteiger partial charge in [0.15, 0.2) is 0 Å². The van der Waals surface area contributed by atoms with Gasteiger partial charge in [-0.1, -0.05) is 40.5 Å². The molecule has 13 heteroatoms. The molecule has 1 unspecified atom stereocenters. The minimum Gasteiger partial charge on any atom is -0.388 e. The molecule has 33 heavy (non-hydrogen) atoms. The van der Waals surface area contributed by atoms with Crippen LogP contribution < -0.4 is 16.2 Å². The summed E-state index contributed by atoms with van der Waals surface area (Å²) in [5.74, 6) is 0. The SMILES string of the molecule is CC(C)(O)c1ncc(S(N)=O)s1.NC=O.[B]C1([B])CCc2c1cc1c(c2NC)CCC1([B])[B]. The van der Waals surface area contributed by atoms with Crippen molar-refractivity contribution in [2.45, 2.75) is 59.8 Å². The van der Waals surface area contributed by atoms with Crippen LogP contribution in [0.25, 0.3) is 0 Å². The maximum atomic E-state index is 10.8. The first-order valence-electron chi connectivity index (χ1n) is 10.2. The van der Waals surface area contributed by atoms with Gasteiger partial charge in [-0.15, -0.1) is 11.3 Å². The summed E-state index contributed by atoms with van der Waals surface area (Å²) in [4.78, 5) is 12.5.